The van der Waals surface area contributed by atoms with Crippen LogP contribution in [0.15, 0.2) is 29.2 Å². The lowest BCUT2D eigenvalue weighted by atomic mass is 9.93. The molecular weight excluding hydrogens is 226 g/mol. The SMILES string of the molecule is CCCC(CCC1CSc2ccccc21)NC. The largest absolute Gasteiger partial charge is 0.317 e. The van der Waals surface area contributed by atoms with Gasteiger partial charge in [-0.25, -0.2) is 0 Å². The molecule has 1 aliphatic rings. The molecule has 0 fully saturated rings. The molecule has 1 aliphatic heterocycles. The van der Waals surface area contributed by atoms with Crippen molar-refractivity contribution in [2.45, 2.75) is 49.5 Å². The Kier molecular flexibility index (Phi) is 4.93. The van der Waals surface area contributed by atoms with E-state index in [9.17, 15) is 0 Å². The molecule has 2 atom stereocenters. The zero-order valence-electron chi connectivity index (χ0n) is 10.9. The van der Waals surface area contributed by atoms with Crippen LogP contribution in [-0.2, 0) is 0 Å². The first-order valence-corrected chi connectivity index (χ1v) is 7.72. The van der Waals surface area contributed by atoms with Crippen molar-refractivity contribution in [1.29, 1.82) is 0 Å². The number of fused-ring (bicyclic) bond motifs is 1. The third-order valence-corrected chi connectivity index (χ3v) is 4.96. The van der Waals surface area contributed by atoms with E-state index in [0.29, 0.717) is 6.04 Å². The molecule has 2 heteroatoms. The molecule has 1 aromatic carbocycles. The molecule has 17 heavy (non-hydrogen) atoms. The van der Waals surface area contributed by atoms with Gasteiger partial charge in [-0.15, -0.1) is 11.8 Å². The van der Waals surface area contributed by atoms with Crippen molar-refractivity contribution >= 4 is 11.8 Å². The van der Waals surface area contributed by atoms with Crippen LogP contribution in [-0.4, -0.2) is 18.8 Å². The molecule has 0 radical (unpaired) electrons. The summed E-state index contributed by atoms with van der Waals surface area (Å²) in [7, 11) is 2.09. The molecule has 0 amide bonds. The first kappa shape index (κ1) is 13.0. The molecule has 0 spiro atoms. The molecule has 1 heterocycles. The second kappa shape index (κ2) is 6.46. The summed E-state index contributed by atoms with van der Waals surface area (Å²) in [6.45, 7) is 2.27. The van der Waals surface area contributed by atoms with E-state index in [2.05, 4.69) is 43.6 Å². The van der Waals surface area contributed by atoms with E-state index in [4.69, 9.17) is 0 Å². The zero-order valence-corrected chi connectivity index (χ0v) is 11.7. The Morgan fingerprint density at radius 3 is 2.94 bits per heavy atom. The lowest BCUT2D eigenvalue weighted by Crippen LogP contribution is -2.25. The van der Waals surface area contributed by atoms with Crippen LogP contribution in [0.25, 0.3) is 0 Å². The Morgan fingerprint density at radius 1 is 1.35 bits per heavy atom. The van der Waals surface area contributed by atoms with Gasteiger partial charge in [0.15, 0.2) is 0 Å². The number of hydrogen-bond acceptors (Lipinski definition) is 2. The van der Waals surface area contributed by atoms with Gasteiger partial charge >= 0.3 is 0 Å². The van der Waals surface area contributed by atoms with Crippen molar-refractivity contribution in [2.75, 3.05) is 12.8 Å². The summed E-state index contributed by atoms with van der Waals surface area (Å²) in [6.07, 6.45) is 5.22. The van der Waals surface area contributed by atoms with E-state index in [1.165, 1.54) is 36.3 Å². The van der Waals surface area contributed by atoms with Gasteiger partial charge in [-0.1, -0.05) is 31.5 Å². The summed E-state index contributed by atoms with van der Waals surface area (Å²) in [5.41, 5.74) is 1.59. The first-order chi connectivity index (χ1) is 8.35. The standard InChI is InChI=1S/C15H23NS/c1-3-6-13(16-2)10-9-12-11-17-15-8-5-4-7-14(12)15/h4-5,7-8,12-13,16H,3,6,9-11H2,1-2H3. The Hall–Kier alpha value is -0.470. The van der Waals surface area contributed by atoms with Gasteiger partial charge in [0, 0.05) is 16.7 Å². The smallest absolute Gasteiger partial charge is 0.0107 e. The average molecular weight is 249 g/mol. The van der Waals surface area contributed by atoms with E-state index in [1.807, 2.05) is 11.8 Å². The van der Waals surface area contributed by atoms with Crippen LogP contribution >= 0.6 is 11.8 Å². The van der Waals surface area contributed by atoms with Crippen LogP contribution in [0, 0.1) is 0 Å². The molecule has 1 nitrogen and oxygen atoms in total. The van der Waals surface area contributed by atoms with E-state index < -0.39 is 0 Å². The minimum absolute atomic E-state index is 0.706. The number of nitrogens with one attached hydrogen (secondary N) is 1. The van der Waals surface area contributed by atoms with E-state index in [1.54, 1.807) is 5.56 Å². The summed E-state index contributed by atoms with van der Waals surface area (Å²) in [6, 6.07) is 9.62. The monoisotopic (exact) mass is 249 g/mol. The van der Waals surface area contributed by atoms with Gasteiger partial charge < -0.3 is 5.32 Å². The van der Waals surface area contributed by atoms with Crippen molar-refractivity contribution < 1.29 is 0 Å². The van der Waals surface area contributed by atoms with Crippen molar-refractivity contribution in [1.82, 2.24) is 5.32 Å². The fourth-order valence-electron chi connectivity index (χ4n) is 2.65. The second-order valence-corrected chi connectivity index (χ2v) is 5.96. The van der Waals surface area contributed by atoms with E-state index >= 15 is 0 Å². The quantitative estimate of drug-likeness (QED) is 0.816. The summed E-state index contributed by atoms with van der Waals surface area (Å²) < 4.78 is 0. The number of benzene rings is 1. The molecule has 0 saturated carbocycles. The second-order valence-electron chi connectivity index (χ2n) is 4.90. The summed E-state index contributed by atoms with van der Waals surface area (Å²) in [5.74, 6) is 2.06. The van der Waals surface area contributed by atoms with Crippen LogP contribution in [0.3, 0.4) is 0 Å². The predicted molar refractivity (Wildman–Crippen MR) is 76.9 cm³/mol. The minimum atomic E-state index is 0.706. The van der Waals surface area contributed by atoms with Crippen LogP contribution in [0.1, 0.15) is 44.1 Å². The Bertz CT molecular complexity index is 351. The molecule has 0 bridgehead atoms. The van der Waals surface area contributed by atoms with E-state index in [0.717, 1.165) is 5.92 Å². The van der Waals surface area contributed by atoms with Gasteiger partial charge in [-0.3, -0.25) is 0 Å². The zero-order chi connectivity index (χ0) is 12.1. The predicted octanol–water partition coefficient (Wildman–Crippen LogP) is 4.04. The van der Waals surface area contributed by atoms with Crippen molar-refractivity contribution in [3.05, 3.63) is 29.8 Å². The summed E-state index contributed by atoms with van der Waals surface area (Å²) in [4.78, 5) is 1.51. The van der Waals surface area contributed by atoms with Crippen molar-refractivity contribution in [2.24, 2.45) is 0 Å². The molecule has 1 N–H and O–H groups in total. The highest BCUT2D eigenvalue weighted by Crippen LogP contribution is 2.41. The molecular formula is C15H23NS. The molecule has 1 aromatic rings. The highest BCUT2D eigenvalue weighted by molar-refractivity contribution is 7.99. The van der Waals surface area contributed by atoms with Gasteiger partial charge in [0.2, 0.25) is 0 Å². The number of rotatable bonds is 6. The Morgan fingerprint density at radius 2 is 2.18 bits per heavy atom. The fraction of sp³-hybridized carbons (Fsp3) is 0.600. The maximum atomic E-state index is 3.44. The van der Waals surface area contributed by atoms with Gasteiger partial charge in [0.05, 0.1) is 0 Å². The van der Waals surface area contributed by atoms with Crippen LogP contribution in [0.5, 0.6) is 0 Å². The summed E-state index contributed by atoms with van der Waals surface area (Å²) >= 11 is 2.03. The van der Waals surface area contributed by atoms with Crippen molar-refractivity contribution in [3.8, 4) is 0 Å². The van der Waals surface area contributed by atoms with Gasteiger partial charge in [0.1, 0.15) is 0 Å². The molecule has 2 unspecified atom stereocenters. The highest BCUT2D eigenvalue weighted by atomic mass is 32.2. The molecule has 94 valence electrons. The van der Waals surface area contributed by atoms with Gasteiger partial charge in [-0.05, 0) is 43.9 Å². The van der Waals surface area contributed by atoms with Crippen LogP contribution < -0.4 is 5.32 Å². The molecule has 2 rings (SSSR count). The fourth-order valence-corrected chi connectivity index (χ4v) is 3.96. The molecule has 0 aliphatic carbocycles. The average Bonchev–Trinajstić information content (AvgIpc) is 2.78. The normalized spacial score (nSPS) is 20.2. The Labute approximate surface area is 109 Å². The van der Waals surface area contributed by atoms with Gasteiger partial charge in [0.25, 0.3) is 0 Å². The van der Waals surface area contributed by atoms with Crippen LogP contribution in [0.2, 0.25) is 0 Å². The lowest BCUT2D eigenvalue weighted by molar-refractivity contribution is 0.453. The minimum Gasteiger partial charge on any atom is -0.317 e. The number of thioether (sulfide) groups is 1. The third-order valence-electron chi connectivity index (χ3n) is 3.71. The van der Waals surface area contributed by atoms with E-state index in [-0.39, 0.29) is 0 Å². The number of hydrogen-bond donors (Lipinski definition) is 1. The Balaban J connectivity index is 1.89. The highest BCUT2D eigenvalue weighted by Gasteiger charge is 2.22. The topological polar surface area (TPSA) is 12.0 Å². The van der Waals surface area contributed by atoms with Crippen molar-refractivity contribution in [3.63, 3.8) is 0 Å². The third kappa shape index (κ3) is 3.26. The van der Waals surface area contributed by atoms with Crippen LogP contribution in [0.4, 0.5) is 0 Å². The molecule has 0 saturated heterocycles. The lowest BCUT2D eigenvalue weighted by Gasteiger charge is -2.18. The molecule has 0 aromatic heterocycles. The maximum Gasteiger partial charge on any atom is 0.0107 e. The summed E-state index contributed by atoms with van der Waals surface area (Å²) in [5, 5.41) is 3.44. The first-order valence-electron chi connectivity index (χ1n) is 6.74. The van der Waals surface area contributed by atoms with Gasteiger partial charge in [-0.2, -0.15) is 0 Å². The maximum absolute atomic E-state index is 3.44.